The van der Waals surface area contributed by atoms with Crippen molar-refractivity contribution in [1.82, 2.24) is 9.13 Å². The smallest absolute Gasteiger partial charge is 0.422 e. The molecule has 0 aliphatic rings. The van der Waals surface area contributed by atoms with Crippen LogP contribution in [-0.2, 0) is 7.05 Å². The molecule has 1 heterocycles. The first-order valence-electron chi connectivity index (χ1n) is 4.58. The summed E-state index contributed by atoms with van der Waals surface area (Å²) in [4.78, 5) is 34.3. The number of aryl methyl sites for hydroxylation is 1. The molecule has 0 atom stereocenters. The van der Waals surface area contributed by atoms with Gasteiger partial charge in [-0.3, -0.25) is 9.36 Å². The molecule has 1 aromatic carbocycles. The molecule has 2 rings (SSSR count). The third-order valence-corrected chi connectivity index (χ3v) is 2.73. The topological polar surface area (TPSA) is 81.3 Å². The highest BCUT2D eigenvalue weighted by Crippen LogP contribution is 2.18. The van der Waals surface area contributed by atoms with Crippen molar-refractivity contribution in [2.24, 2.45) is 7.05 Å². The van der Waals surface area contributed by atoms with Crippen LogP contribution < -0.4 is 11.2 Å². The number of carboxylic acid groups (broad SMARTS) is 1. The Morgan fingerprint density at radius 3 is 2.59 bits per heavy atom. The van der Waals surface area contributed by atoms with Gasteiger partial charge in [0.15, 0.2) is 0 Å². The van der Waals surface area contributed by atoms with Crippen LogP contribution in [0.1, 0.15) is 0 Å². The van der Waals surface area contributed by atoms with Crippen molar-refractivity contribution in [3.05, 3.63) is 44.1 Å². The minimum Gasteiger partial charge on any atom is -0.464 e. The van der Waals surface area contributed by atoms with Gasteiger partial charge in [-0.15, -0.1) is 0 Å². The van der Waals surface area contributed by atoms with Gasteiger partial charge in [-0.05, 0) is 12.1 Å². The maximum absolute atomic E-state index is 11.8. The van der Waals surface area contributed by atoms with Gasteiger partial charge in [0, 0.05) is 7.05 Å². The van der Waals surface area contributed by atoms with Crippen molar-refractivity contribution in [2.45, 2.75) is 0 Å². The van der Waals surface area contributed by atoms with Crippen LogP contribution in [0.15, 0.2) is 27.8 Å². The van der Waals surface area contributed by atoms with Crippen LogP contribution in [0.25, 0.3) is 10.9 Å². The van der Waals surface area contributed by atoms with Crippen LogP contribution in [0.5, 0.6) is 0 Å². The fourth-order valence-electron chi connectivity index (χ4n) is 1.65. The summed E-state index contributed by atoms with van der Waals surface area (Å²) in [5.74, 6) is 0. The molecule has 88 valence electrons. The molecule has 0 bridgehead atoms. The Kier molecular flexibility index (Phi) is 2.51. The predicted octanol–water partition coefficient (Wildman–Crippen LogP) is 0.880. The molecule has 0 radical (unpaired) electrons. The molecular weight excluding hydrogens is 248 g/mol. The van der Waals surface area contributed by atoms with E-state index in [0.717, 1.165) is 4.57 Å². The van der Waals surface area contributed by atoms with Gasteiger partial charge in [-0.1, -0.05) is 17.7 Å². The van der Waals surface area contributed by atoms with E-state index in [2.05, 4.69) is 0 Å². The van der Waals surface area contributed by atoms with Crippen molar-refractivity contribution in [3.8, 4) is 0 Å². The number of aromatic nitrogens is 2. The van der Waals surface area contributed by atoms with E-state index in [0.29, 0.717) is 0 Å². The van der Waals surface area contributed by atoms with Gasteiger partial charge < -0.3 is 5.11 Å². The van der Waals surface area contributed by atoms with Crippen LogP contribution in [0.2, 0.25) is 5.02 Å². The molecule has 0 amide bonds. The summed E-state index contributed by atoms with van der Waals surface area (Å²) in [6, 6.07) is 4.46. The van der Waals surface area contributed by atoms with Gasteiger partial charge >= 0.3 is 11.8 Å². The molecule has 6 nitrogen and oxygen atoms in total. The van der Waals surface area contributed by atoms with Crippen LogP contribution in [0, 0.1) is 0 Å². The zero-order chi connectivity index (χ0) is 12.7. The van der Waals surface area contributed by atoms with E-state index in [1.807, 2.05) is 0 Å². The van der Waals surface area contributed by atoms with Gasteiger partial charge in [0.05, 0.1) is 15.9 Å². The second kappa shape index (κ2) is 3.74. The highest BCUT2D eigenvalue weighted by Gasteiger charge is 2.16. The highest BCUT2D eigenvalue weighted by molar-refractivity contribution is 6.35. The number of hydrogen-bond acceptors (Lipinski definition) is 3. The summed E-state index contributed by atoms with van der Waals surface area (Å²) in [6.07, 6.45) is -1.61. The Bertz CT molecular complexity index is 744. The average molecular weight is 255 g/mol. The van der Waals surface area contributed by atoms with E-state index < -0.39 is 17.3 Å². The fraction of sp³-hybridized carbons (Fsp3) is 0.100. The molecule has 0 unspecified atom stereocenters. The molecule has 0 saturated carbocycles. The first kappa shape index (κ1) is 11.4. The number of fused-ring (bicyclic) bond motifs is 1. The third kappa shape index (κ3) is 1.53. The Labute approximate surface area is 99.3 Å². The summed E-state index contributed by atoms with van der Waals surface area (Å²) in [5, 5.41) is 9.12. The Morgan fingerprint density at radius 1 is 1.35 bits per heavy atom. The van der Waals surface area contributed by atoms with Crippen molar-refractivity contribution >= 4 is 28.6 Å². The van der Waals surface area contributed by atoms with Crippen molar-refractivity contribution in [2.75, 3.05) is 0 Å². The van der Waals surface area contributed by atoms with E-state index in [-0.39, 0.29) is 20.5 Å². The monoisotopic (exact) mass is 254 g/mol. The SMILES string of the molecule is Cn1c(=O)n(C(=O)O)c(=O)c2cccc(Cl)c21. The number of benzene rings is 1. The Hall–Kier alpha value is -2.08. The number of rotatable bonds is 0. The van der Waals surface area contributed by atoms with Crippen LogP contribution in [-0.4, -0.2) is 20.3 Å². The number of para-hydroxylation sites is 1. The first-order chi connectivity index (χ1) is 7.95. The molecule has 0 saturated heterocycles. The Morgan fingerprint density at radius 2 is 2.00 bits per heavy atom. The largest absolute Gasteiger partial charge is 0.464 e. The van der Waals surface area contributed by atoms with Crippen molar-refractivity contribution < 1.29 is 9.90 Å². The van der Waals surface area contributed by atoms with Gasteiger partial charge in [0.2, 0.25) is 0 Å². The summed E-state index contributed by atoms with van der Waals surface area (Å²) >= 11 is 5.88. The molecule has 1 aromatic heterocycles. The zero-order valence-corrected chi connectivity index (χ0v) is 9.43. The van der Waals surface area contributed by atoms with Crippen LogP contribution in [0.3, 0.4) is 0 Å². The predicted molar refractivity (Wildman–Crippen MR) is 61.9 cm³/mol. The molecule has 0 aliphatic carbocycles. The molecule has 7 heteroatoms. The lowest BCUT2D eigenvalue weighted by Gasteiger charge is -2.08. The lowest BCUT2D eigenvalue weighted by Crippen LogP contribution is -2.42. The van der Waals surface area contributed by atoms with E-state index in [4.69, 9.17) is 16.7 Å². The fourth-order valence-corrected chi connectivity index (χ4v) is 1.95. The molecule has 1 N–H and O–H groups in total. The molecule has 17 heavy (non-hydrogen) atoms. The summed E-state index contributed by atoms with van der Waals surface area (Å²) in [6.45, 7) is 0. The van der Waals surface area contributed by atoms with Gasteiger partial charge in [0.1, 0.15) is 0 Å². The standard InChI is InChI=1S/C10H7ClN2O4/c1-12-7-5(3-2-4-6(7)11)8(14)13(9(12)15)10(16)17/h2-4H,1H3,(H,16,17). The van der Waals surface area contributed by atoms with E-state index in [9.17, 15) is 14.4 Å². The first-order valence-corrected chi connectivity index (χ1v) is 4.96. The third-order valence-electron chi connectivity index (χ3n) is 2.43. The number of halogens is 1. The maximum Gasteiger partial charge on any atom is 0.422 e. The van der Waals surface area contributed by atoms with Gasteiger partial charge in [-0.2, -0.15) is 4.57 Å². The summed E-state index contributed by atoms with van der Waals surface area (Å²) in [7, 11) is 1.36. The summed E-state index contributed by atoms with van der Waals surface area (Å²) < 4.78 is 1.19. The minimum absolute atomic E-state index is 0.0852. The van der Waals surface area contributed by atoms with Gasteiger partial charge in [0.25, 0.3) is 5.56 Å². The number of carbonyl (C=O) groups is 1. The number of hydrogen-bond donors (Lipinski definition) is 1. The van der Waals surface area contributed by atoms with Crippen LogP contribution >= 0.6 is 11.6 Å². The number of nitrogens with zero attached hydrogens (tertiary/aromatic N) is 2. The Balaban J connectivity index is 3.18. The molecule has 0 aliphatic heterocycles. The summed E-state index contributed by atoms with van der Waals surface area (Å²) in [5.41, 5.74) is -1.61. The zero-order valence-electron chi connectivity index (χ0n) is 8.68. The van der Waals surface area contributed by atoms with E-state index in [1.54, 1.807) is 0 Å². The second-order valence-electron chi connectivity index (χ2n) is 3.40. The van der Waals surface area contributed by atoms with Crippen LogP contribution in [0.4, 0.5) is 4.79 Å². The molecule has 0 fully saturated rings. The molecule has 2 aromatic rings. The molecule has 0 spiro atoms. The second-order valence-corrected chi connectivity index (χ2v) is 3.81. The van der Waals surface area contributed by atoms with Crippen molar-refractivity contribution in [1.29, 1.82) is 0 Å². The normalized spacial score (nSPS) is 10.7. The quantitative estimate of drug-likeness (QED) is 0.757. The minimum atomic E-state index is -1.61. The highest BCUT2D eigenvalue weighted by atomic mass is 35.5. The van der Waals surface area contributed by atoms with Gasteiger partial charge in [-0.25, -0.2) is 9.59 Å². The lowest BCUT2D eigenvalue weighted by molar-refractivity contribution is 0.193. The van der Waals surface area contributed by atoms with E-state index in [1.165, 1.54) is 25.2 Å². The van der Waals surface area contributed by atoms with E-state index >= 15 is 0 Å². The lowest BCUT2D eigenvalue weighted by atomic mass is 10.2. The maximum atomic E-state index is 11.8. The average Bonchev–Trinajstić information content (AvgIpc) is 2.25. The molecular formula is C10H7ClN2O4. The van der Waals surface area contributed by atoms with Crippen molar-refractivity contribution in [3.63, 3.8) is 0 Å².